The summed E-state index contributed by atoms with van der Waals surface area (Å²) in [6, 6.07) is -0.132. The van der Waals surface area contributed by atoms with Gasteiger partial charge in [-0.1, -0.05) is 0 Å². The Morgan fingerprint density at radius 1 is 0.941 bits per heavy atom. The van der Waals surface area contributed by atoms with Crippen molar-refractivity contribution in [3.8, 4) is 0 Å². The molecule has 0 rings (SSSR count). The molecule has 0 aromatic carbocycles. The minimum absolute atomic E-state index is 0.132. The molecule has 0 aliphatic carbocycles. The monoisotopic (exact) mass is 246 g/mol. The number of hydrogen-bond acceptors (Lipinski definition) is 3. The van der Waals surface area contributed by atoms with E-state index in [4.69, 9.17) is 9.47 Å². The molecule has 0 heterocycles. The molecule has 17 heavy (non-hydrogen) atoms. The zero-order valence-electron chi connectivity index (χ0n) is 11.1. The van der Waals surface area contributed by atoms with E-state index in [2.05, 4.69) is 10.6 Å². The van der Waals surface area contributed by atoms with Gasteiger partial charge in [0.2, 0.25) is 0 Å². The summed E-state index contributed by atoms with van der Waals surface area (Å²) in [6.45, 7) is 8.06. The summed E-state index contributed by atoms with van der Waals surface area (Å²) < 4.78 is 10.6. The van der Waals surface area contributed by atoms with E-state index >= 15 is 0 Å². The maximum absolute atomic E-state index is 11.0. The lowest BCUT2D eigenvalue weighted by Crippen LogP contribution is -2.37. The van der Waals surface area contributed by atoms with Crippen LogP contribution in [0.5, 0.6) is 0 Å². The molecule has 2 N–H and O–H groups in total. The first-order valence-corrected chi connectivity index (χ1v) is 6.48. The minimum Gasteiger partial charge on any atom is -0.382 e. The fourth-order valence-electron chi connectivity index (χ4n) is 1.29. The van der Waals surface area contributed by atoms with E-state index in [0.29, 0.717) is 19.7 Å². The van der Waals surface area contributed by atoms with Gasteiger partial charge in [-0.25, -0.2) is 4.79 Å². The van der Waals surface area contributed by atoms with Crippen molar-refractivity contribution in [3.05, 3.63) is 0 Å². The first-order chi connectivity index (χ1) is 8.31. The fourth-order valence-corrected chi connectivity index (χ4v) is 1.29. The highest BCUT2D eigenvalue weighted by Crippen LogP contribution is 1.96. The third kappa shape index (κ3) is 13.1. The van der Waals surface area contributed by atoms with E-state index in [1.54, 1.807) is 0 Å². The van der Waals surface area contributed by atoms with Crippen LogP contribution in [0.1, 0.15) is 33.1 Å². The van der Waals surface area contributed by atoms with Crippen molar-refractivity contribution < 1.29 is 14.3 Å². The van der Waals surface area contributed by atoms with Gasteiger partial charge in [0.1, 0.15) is 0 Å². The average Bonchev–Trinajstić information content (AvgIpc) is 2.32. The second-order valence-electron chi connectivity index (χ2n) is 3.66. The standard InChI is InChI=1S/C12H26N2O3/c1-3-13-12(15)14-8-11-17-10-7-5-6-9-16-4-2/h3-11H2,1-2H3,(H2,13,14,15). The number of carbonyl (C=O) groups excluding carboxylic acids is 1. The van der Waals surface area contributed by atoms with Gasteiger partial charge >= 0.3 is 6.03 Å². The van der Waals surface area contributed by atoms with Gasteiger partial charge in [0.15, 0.2) is 0 Å². The maximum atomic E-state index is 11.0. The molecule has 0 radical (unpaired) electrons. The van der Waals surface area contributed by atoms with Crippen LogP contribution >= 0.6 is 0 Å². The highest BCUT2D eigenvalue weighted by atomic mass is 16.5. The average molecular weight is 246 g/mol. The summed E-state index contributed by atoms with van der Waals surface area (Å²) in [6.07, 6.45) is 3.27. The maximum Gasteiger partial charge on any atom is 0.314 e. The number of ether oxygens (including phenoxy) is 2. The predicted octanol–water partition coefficient (Wildman–Crippen LogP) is 1.53. The summed E-state index contributed by atoms with van der Waals surface area (Å²) in [5.74, 6) is 0. The van der Waals surface area contributed by atoms with Crippen LogP contribution in [-0.4, -0.2) is 45.5 Å². The third-order valence-corrected chi connectivity index (χ3v) is 2.15. The molecule has 0 aromatic rings. The summed E-state index contributed by atoms with van der Waals surface area (Å²) in [5.41, 5.74) is 0. The van der Waals surface area contributed by atoms with E-state index in [-0.39, 0.29) is 6.03 Å². The fraction of sp³-hybridized carbons (Fsp3) is 0.917. The lowest BCUT2D eigenvalue weighted by atomic mass is 10.2. The summed E-state index contributed by atoms with van der Waals surface area (Å²) >= 11 is 0. The molecular formula is C12H26N2O3. The van der Waals surface area contributed by atoms with Gasteiger partial charge in [0, 0.05) is 32.9 Å². The molecule has 0 saturated carbocycles. The van der Waals surface area contributed by atoms with Crippen LogP contribution < -0.4 is 10.6 Å². The Morgan fingerprint density at radius 2 is 1.65 bits per heavy atom. The third-order valence-electron chi connectivity index (χ3n) is 2.15. The Hall–Kier alpha value is -0.810. The Labute approximate surface area is 104 Å². The Balaban J connectivity index is 3.01. The van der Waals surface area contributed by atoms with Crippen LogP contribution in [0.4, 0.5) is 4.79 Å². The van der Waals surface area contributed by atoms with Crippen molar-refractivity contribution in [2.24, 2.45) is 0 Å². The summed E-state index contributed by atoms with van der Waals surface area (Å²) in [5, 5.41) is 5.36. The van der Waals surface area contributed by atoms with Crippen LogP contribution in [0.3, 0.4) is 0 Å². The van der Waals surface area contributed by atoms with Crippen molar-refractivity contribution >= 4 is 6.03 Å². The highest BCUT2D eigenvalue weighted by Gasteiger charge is 1.96. The number of urea groups is 1. The molecule has 0 aliphatic rings. The van der Waals surface area contributed by atoms with E-state index in [0.717, 1.165) is 39.1 Å². The summed E-state index contributed by atoms with van der Waals surface area (Å²) in [4.78, 5) is 11.0. The zero-order chi connectivity index (χ0) is 12.8. The molecule has 0 spiro atoms. The second kappa shape index (κ2) is 13.3. The van der Waals surface area contributed by atoms with Crippen LogP contribution in [0, 0.1) is 0 Å². The van der Waals surface area contributed by atoms with Crippen molar-refractivity contribution in [2.75, 3.05) is 39.5 Å². The molecule has 102 valence electrons. The van der Waals surface area contributed by atoms with Gasteiger partial charge in [0.05, 0.1) is 6.61 Å². The van der Waals surface area contributed by atoms with Crippen LogP contribution in [-0.2, 0) is 9.47 Å². The van der Waals surface area contributed by atoms with Crippen molar-refractivity contribution in [2.45, 2.75) is 33.1 Å². The van der Waals surface area contributed by atoms with E-state index in [1.165, 1.54) is 0 Å². The molecule has 0 fully saturated rings. The number of amides is 2. The number of carbonyl (C=O) groups is 1. The zero-order valence-corrected chi connectivity index (χ0v) is 11.1. The lowest BCUT2D eigenvalue weighted by molar-refractivity contribution is 0.121. The van der Waals surface area contributed by atoms with Gasteiger partial charge in [0.25, 0.3) is 0 Å². The number of hydrogen-bond donors (Lipinski definition) is 2. The first-order valence-electron chi connectivity index (χ1n) is 6.48. The van der Waals surface area contributed by atoms with Gasteiger partial charge in [-0.3, -0.25) is 0 Å². The van der Waals surface area contributed by atoms with Gasteiger partial charge < -0.3 is 20.1 Å². The largest absolute Gasteiger partial charge is 0.382 e. The normalized spacial score (nSPS) is 10.2. The van der Waals surface area contributed by atoms with Gasteiger partial charge in [-0.2, -0.15) is 0 Å². The van der Waals surface area contributed by atoms with Crippen LogP contribution in [0.15, 0.2) is 0 Å². The Morgan fingerprint density at radius 3 is 2.29 bits per heavy atom. The van der Waals surface area contributed by atoms with Crippen molar-refractivity contribution in [3.63, 3.8) is 0 Å². The highest BCUT2D eigenvalue weighted by molar-refractivity contribution is 5.73. The molecule has 0 aromatic heterocycles. The SMILES string of the molecule is CCNC(=O)NCCOCCCCCOCC. The van der Waals surface area contributed by atoms with E-state index in [1.807, 2.05) is 13.8 Å². The van der Waals surface area contributed by atoms with Crippen molar-refractivity contribution in [1.82, 2.24) is 10.6 Å². The molecule has 5 heteroatoms. The molecule has 2 amide bonds. The Kier molecular flexibility index (Phi) is 12.6. The Bertz CT molecular complexity index is 177. The quantitative estimate of drug-likeness (QED) is 0.544. The van der Waals surface area contributed by atoms with E-state index < -0.39 is 0 Å². The van der Waals surface area contributed by atoms with Gasteiger partial charge in [-0.05, 0) is 33.1 Å². The molecule has 0 bridgehead atoms. The topological polar surface area (TPSA) is 59.6 Å². The number of unbranched alkanes of at least 4 members (excludes halogenated alkanes) is 2. The van der Waals surface area contributed by atoms with E-state index in [9.17, 15) is 4.79 Å². The van der Waals surface area contributed by atoms with Gasteiger partial charge in [-0.15, -0.1) is 0 Å². The van der Waals surface area contributed by atoms with Crippen LogP contribution in [0.2, 0.25) is 0 Å². The van der Waals surface area contributed by atoms with Crippen molar-refractivity contribution in [1.29, 1.82) is 0 Å². The number of rotatable bonds is 11. The number of nitrogens with one attached hydrogen (secondary N) is 2. The molecule has 0 unspecified atom stereocenters. The summed E-state index contributed by atoms with van der Waals surface area (Å²) in [7, 11) is 0. The molecule has 0 atom stereocenters. The molecule has 0 aliphatic heterocycles. The smallest absolute Gasteiger partial charge is 0.314 e. The molecule has 0 saturated heterocycles. The second-order valence-corrected chi connectivity index (χ2v) is 3.66. The molecule has 5 nitrogen and oxygen atoms in total. The van der Waals surface area contributed by atoms with Crippen LogP contribution in [0.25, 0.3) is 0 Å². The lowest BCUT2D eigenvalue weighted by Gasteiger charge is -2.06. The molecular weight excluding hydrogens is 220 g/mol. The minimum atomic E-state index is -0.132. The predicted molar refractivity (Wildman–Crippen MR) is 68.2 cm³/mol. The first kappa shape index (κ1) is 16.2.